The number of ether oxygens (including phenoxy) is 1. The zero-order valence-corrected chi connectivity index (χ0v) is 15.3. The van der Waals surface area contributed by atoms with E-state index in [2.05, 4.69) is 5.10 Å². The van der Waals surface area contributed by atoms with E-state index < -0.39 is 10.9 Å². The molecule has 0 spiro atoms. The van der Waals surface area contributed by atoms with Gasteiger partial charge in [-0.15, -0.1) is 0 Å². The van der Waals surface area contributed by atoms with Crippen molar-refractivity contribution in [2.75, 3.05) is 11.5 Å². The lowest BCUT2D eigenvalue weighted by Gasteiger charge is -2.22. The molecule has 0 saturated carbocycles. The van der Waals surface area contributed by atoms with Crippen molar-refractivity contribution in [2.45, 2.75) is 39.8 Å². The first kappa shape index (κ1) is 18.6. The second-order valence-corrected chi connectivity index (χ2v) is 6.54. The number of amides is 1. The first-order valence-electron chi connectivity index (χ1n) is 8.53. The zero-order chi connectivity index (χ0) is 19.7. The van der Waals surface area contributed by atoms with Gasteiger partial charge >= 0.3 is 11.7 Å². The Morgan fingerprint density at radius 3 is 2.70 bits per heavy atom. The van der Waals surface area contributed by atoms with Gasteiger partial charge in [-0.05, 0) is 38.8 Å². The van der Waals surface area contributed by atoms with Crippen LogP contribution in [0.15, 0.2) is 24.3 Å². The highest BCUT2D eigenvalue weighted by molar-refractivity contribution is 5.97. The number of benzene rings is 1. The lowest BCUT2D eigenvalue weighted by atomic mass is 10.1. The smallest absolute Gasteiger partial charge is 0.328 e. The van der Waals surface area contributed by atoms with E-state index >= 15 is 0 Å². The van der Waals surface area contributed by atoms with Crippen molar-refractivity contribution in [1.82, 2.24) is 9.78 Å². The summed E-state index contributed by atoms with van der Waals surface area (Å²) < 4.78 is 6.30. The summed E-state index contributed by atoms with van der Waals surface area (Å²) in [7, 11) is 0. The minimum Gasteiger partial charge on any atom is -0.454 e. The molecule has 1 amide bonds. The van der Waals surface area contributed by atoms with Crippen LogP contribution < -0.4 is 4.90 Å². The lowest BCUT2D eigenvalue weighted by Crippen LogP contribution is -2.39. The summed E-state index contributed by atoms with van der Waals surface area (Å²) in [4.78, 5) is 36.7. The summed E-state index contributed by atoms with van der Waals surface area (Å²) in [5, 5.41) is 15.0. The molecule has 9 nitrogen and oxygen atoms in total. The van der Waals surface area contributed by atoms with Crippen LogP contribution in [0.2, 0.25) is 0 Å². The quantitative estimate of drug-likeness (QED) is 0.451. The molecular weight excluding hydrogens is 352 g/mol. The van der Waals surface area contributed by atoms with Crippen LogP contribution in [-0.4, -0.2) is 39.2 Å². The number of aryl methyl sites for hydroxylation is 1. The highest BCUT2D eigenvalue weighted by Crippen LogP contribution is 2.31. The summed E-state index contributed by atoms with van der Waals surface area (Å²) in [5.74, 6) is -0.982. The van der Waals surface area contributed by atoms with Crippen molar-refractivity contribution in [3.63, 3.8) is 0 Å². The van der Waals surface area contributed by atoms with Crippen molar-refractivity contribution in [3.05, 3.63) is 51.3 Å². The van der Waals surface area contributed by atoms with Gasteiger partial charge < -0.3 is 9.64 Å². The Labute approximate surface area is 155 Å². The van der Waals surface area contributed by atoms with Crippen LogP contribution in [0.4, 0.5) is 11.4 Å². The Bertz CT molecular complexity index is 920. The molecule has 1 aliphatic rings. The van der Waals surface area contributed by atoms with E-state index in [1.165, 1.54) is 18.5 Å². The van der Waals surface area contributed by atoms with Crippen molar-refractivity contribution in [2.24, 2.45) is 0 Å². The van der Waals surface area contributed by atoms with Crippen molar-refractivity contribution in [1.29, 1.82) is 0 Å². The Morgan fingerprint density at radius 1 is 1.33 bits per heavy atom. The molecule has 9 heteroatoms. The molecule has 0 fully saturated rings. The molecule has 142 valence electrons. The third-order valence-electron chi connectivity index (χ3n) is 4.64. The molecule has 0 saturated heterocycles. The molecular formula is C18H20N4O5. The van der Waals surface area contributed by atoms with E-state index in [-0.39, 0.29) is 42.2 Å². The first-order valence-corrected chi connectivity index (χ1v) is 8.53. The zero-order valence-electron chi connectivity index (χ0n) is 15.3. The fourth-order valence-corrected chi connectivity index (χ4v) is 3.43. The van der Waals surface area contributed by atoms with Gasteiger partial charge in [-0.25, -0.2) is 0 Å². The molecule has 1 aromatic carbocycles. The van der Waals surface area contributed by atoms with Gasteiger partial charge in [-0.1, -0.05) is 18.2 Å². The predicted octanol–water partition coefficient (Wildman–Crippen LogP) is 1.93. The molecule has 0 radical (unpaired) electrons. The lowest BCUT2D eigenvalue weighted by molar-refractivity contribution is -0.386. The topological polar surface area (TPSA) is 108 Å². The second kappa shape index (κ2) is 7.18. The summed E-state index contributed by atoms with van der Waals surface area (Å²) in [6, 6.07) is 7.62. The Hall–Kier alpha value is -3.23. The van der Waals surface area contributed by atoms with Gasteiger partial charge in [-0.2, -0.15) is 5.10 Å². The fraction of sp³-hybridized carbons (Fsp3) is 0.389. The molecule has 0 N–H and O–H groups in total. The maximum atomic E-state index is 12.5. The maximum absolute atomic E-state index is 12.5. The molecule has 3 rings (SSSR count). The number of rotatable bonds is 5. The van der Waals surface area contributed by atoms with E-state index in [0.29, 0.717) is 0 Å². The van der Waals surface area contributed by atoms with E-state index in [0.717, 1.165) is 17.7 Å². The molecule has 2 aromatic rings. The Morgan fingerprint density at radius 2 is 2.04 bits per heavy atom. The predicted molar refractivity (Wildman–Crippen MR) is 96.4 cm³/mol. The SMILES string of the molecule is Cc1nn(CC(=O)OCC(=O)N2c3ccccc3C[C@H]2C)c(C)c1[N+](=O)[O-]. The number of fused-ring (bicyclic) bond motifs is 1. The number of carbonyl (C=O) groups excluding carboxylic acids is 2. The monoisotopic (exact) mass is 372 g/mol. The highest BCUT2D eigenvalue weighted by Gasteiger charge is 2.31. The second-order valence-electron chi connectivity index (χ2n) is 6.54. The molecule has 27 heavy (non-hydrogen) atoms. The Balaban J connectivity index is 1.62. The van der Waals surface area contributed by atoms with Gasteiger partial charge in [-0.3, -0.25) is 24.4 Å². The molecule has 0 aliphatic carbocycles. The number of carbonyl (C=O) groups is 2. The van der Waals surface area contributed by atoms with E-state index in [1.807, 2.05) is 31.2 Å². The molecule has 0 unspecified atom stereocenters. The fourth-order valence-electron chi connectivity index (χ4n) is 3.43. The number of hydrogen-bond acceptors (Lipinski definition) is 6. The number of anilines is 1. The van der Waals surface area contributed by atoms with Crippen molar-refractivity contribution >= 4 is 23.3 Å². The average Bonchev–Trinajstić information content (AvgIpc) is 3.08. The highest BCUT2D eigenvalue weighted by atomic mass is 16.6. The number of para-hydroxylation sites is 1. The minimum absolute atomic E-state index is 0.00717. The van der Waals surface area contributed by atoms with E-state index in [4.69, 9.17) is 4.74 Å². The van der Waals surface area contributed by atoms with E-state index in [1.54, 1.807) is 4.90 Å². The van der Waals surface area contributed by atoms with Gasteiger partial charge in [0.2, 0.25) is 0 Å². The minimum atomic E-state index is -0.677. The largest absolute Gasteiger partial charge is 0.454 e. The number of hydrogen-bond donors (Lipinski definition) is 0. The Kier molecular flexibility index (Phi) is 4.93. The summed E-state index contributed by atoms with van der Waals surface area (Å²) >= 11 is 0. The van der Waals surface area contributed by atoms with Crippen LogP contribution in [0.3, 0.4) is 0 Å². The van der Waals surface area contributed by atoms with E-state index in [9.17, 15) is 19.7 Å². The standard InChI is InChI=1S/C18H20N4O5/c1-11-8-14-6-4-5-7-15(14)21(11)16(23)10-27-17(24)9-20-13(3)18(22(25)26)12(2)19-20/h4-7,11H,8-10H2,1-3H3/t11-/m1/s1. The number of aromatic nitrogens is 2. The van der Waals surface area contributed by atoms with Crippen molar-refractivity contribution in [3.8, 4) is 0 Å². The number of nitro groups is 1. The van der Waals surface area contributed by atoms with Gasteiger partial charge in [0, 0.05) is 11.7 Å². The summed E-state index contributed by atoms with van der Waals surface area (Å²) in [5.41, 5.74) is 2.29. The van der Waals surface area contributed by atoms with Crippen LogP contribution in [0.5, 0.6) is 0 Å². The third kappa shape index (κ3) is 3.53. The molecule has 1 aromatic heterocycles. The van der Waals surface area contributed by atoms with Crippen LogP contribution >= 0.6 is 0 Å². The van der Waals surface area contributed by atoms with Gasteiger partial charge in [0.15, 0.2) is 6.61 Å². The normalized spacial score (nSPS) is 15.5. The summed E-state index contributed by atoms with van der Waals surface area (Å²) in [6.45, 7) is 4.27. The third-order valence-corrected chi connectivity index (χ3v) is 4.64. The van der Waals surface area contributed by atoms with Crippen LogP contribution in [0, 0.1) is 24.0 Å². The average molecular weight is 372 g/mol. The summed E-state index contributed by atoms with van der Waals surface area (Å²) in [6.07, 6.45) is 0.755. The van der Waals surface area contributed by atoms with Crippen LogP contribution in [0.1, 0.15) is 23.9 Å². The maximum Gasteiger partial charge on any atom is 0.328 e. The van der Waals surface area contributed by atoms with Crippen molar-refractivity contribution < 1.29 is 19.2 Å². The van der Waals surface area contributed by atoms with Crippen LogP contribution in [-0.2, 0) is 27.3 Å². The number of nitrogens with zero attached hydrogens (tertiary/aromatic N) is 4. The molecule has 0 bridgehead atoms. The van der Waals surface area contributed by atoms with Gasteiger partial charge in [0.25, 0.3) is 5.91 Å². The van der Waals surface area contributed by atoms with Gasteiger partial charge in [0.05, 0.1) is 4.92 Å². The molecule has 2 heterocycles. The molecule has 1 aliphatic heterocycles. The van der Waals surface area contributed by atoms with Crippen LogP contribution in [0.25, 0.3) is 0 Å². The number of esters is 1. The van der Waals surface area contributed by atoms with Gasteiger partial charge in [0.1, 0.15) is 17.9 Å². The first-order chi connectivity index (χ1) is 12.8. The molecule has 1 atom stereocenters.